The summed E-state index contributed by atoms with van der Waals surface area (Å²) in [6.45, 7) is 4.56. The number of nitrogens with zero attached hydrogens (tertiary/aromatic N) is 3. The van der Waals surface area contributed by atoms with Gasteiger partial charge in [0.15, 0.2) is 0 Å². The van der Waals surface area contributed by atoms with Gasteiger partial charge >= 0.3 is 6.03 Å². The highest BCUT2D eigenvalue weighted by Gasteiger charge is 2.18. The molecule has 2 rings (SSSR count). The van der Waals surface area contributed by atoms with Crippen molar-refractivity contribution < 1.29 is 4.79 Å². The standard InChI is InChI=1S/C11H18N4O/c1-10(8-14-7-4-12-9-14)13-11(16)15-5-2-3-6-15/h4,7,9-10H,2-3,5-6,8H2,1H3,(H,13,16)/t10-/m1/s1. The van der Waals surface area contributed by atoms with Crippen LogP contribution in [0.5, 0.6) is 0 Å². The number of likely N-dealkylation sites (tertiary alicyclic amines) is 1. The summed E-state index contributed by atoms with van der Waals surface area (Å²) in [5.74, 6) is 0. The Bertz CT molecular complexity index is 330. The maximum absolute atomic E-state index is 11.8. The van der Waals surface area contributed by atoms with Crippen LogP contribution in [0.25, 0.3) is 0 Å². The summed E-state index contributed by atoms with van der Waals surface area (Å²) in [5.41, 5.74) is 0. The van der Waals surface area contributed by atoms with Crippen LogP contribution in [-0.4, -0.2) is 39.6 Å². The van der Waals surface area contributed by atoms with Crippen LogP contribution < -0.4 is 5.32 Å². The van der Waals surface area contributed by atoms with Crippen molar-refractivity contribution in [1.82, 2.24) is 19.8 Å². The second-order valence-electron chi connectivity index (χ2n) is 4.30. The van der Waals surface area contributed by atoms with E-state index < -0.39 is 0 Å². The average Bonchev–Trinajstić information content (AvgIpc) is 2.88. The minimum Gasteiger partial charge on any atom is -0.335 e. The van der Waals surface area contributed by atoms with Gasteiger partial charge in [-0.15, -0.1) is 0 Å². The Kier molecular flexibility index (Phi) is 3.44. The fraction of sp³-hybridized carbons (Fsp3) is 0.636. The van der Waals surface area contributed by atoms with E-state index in [0.717, 1.165) is 32.5 Å². The minimum atomic E-state index is 0.0603. The minimum absolute atomic E-state index is 0.0603. The second-order valence-corrected chi connectivity index (χ2v) is 4.30. The third-order valence-electron chi connectivity index (χ3n) is 2.81. The molecular formula is C11H18N4O. The lowest BCUT2D eigenvalue weighted by atomic mass is 10.3. The Morgan fingerprint density at radius 2 is 2.25 bits per heavy atom. The SMILES string of the molecule is C[C@H](Cn1ccnc1)NC(=O)N1CCCC1. The molecule has 5 heteroatoms. The number of imidazole rings is 1. The maximum atomic E-state index is 11.8. The molecule has 16 heavy (non-hydrogen) atoms. The molecule has 0 aliphatic carbocycles. The Hall–Kier alpha value is -1.52. The molecule has 1 aliphatic heterocycles. The number of hydrogen-bond acceptors (Lipinski definition) is 2. The van der Waals surface area contributed by atoms with E-state index in [-0.39, 0.29) is 12.1 Å². The number of nitrogens with one attached hydrogen (secondary N) is 1. The van der Waals surface area contributed by atoms with E-state index in [9.17, 15) is 4.79 Å². The molecule has 1 aliphatic rings. The van der Waals surface area contributed by atoms with Crippen LogP contribution in [0.1, 0.15) is 19.8 Å². The number of carbonyl (C=O) groups excluding carboxylic acids is 1. The summed E-state index contributed by atoms with van der Waals surface area (Å²) in [5, 5.41) is 3.00. The predicted molar refractivity (Wildman–Crippen MR) is 61.0 cm³/mol. The number of amides is 2. The lowest BCUT2D eigenvalue weighted by Gasteiger charge is -2.20. The van der Waals surface area contributed by atoms with E-state index in [4.69, 9.17) is 0 Å². The fourth-order valence-electron chi connectivity index (χ4n) is 1.98. The monoisotopic (exact) mass is 222 g/mol. The normalized spacial score (nSPS) is 17.4. The van der Waals surface area contributed by atoms with Gasteiger partial charge in [-0.25, -0.2) is 9.78 Å². The van der Waals surface area contributed by atoms with Crippen LogP contribution in [0.3, 0.4) is 0 Å². The van der Waals surface area contributed by atoms with Crippen LogP contribution in [-0.2, 0) is 6.54 Å². The third kappa shape index (κ3) is 2.74. The Morgan fingerprint density at radius 3 is 2.88 bits per heavy atom. The number of rotatable bonds is 3. The van der Waals surface area contributed by atoms with Gasteiger partial charge < -0.3 is 14.8 Å². The van der Waals surface area contributed by atoms with E-state index >= 15 is 0 Å². The zero-order valence-corrected chi connectivity index (χ0v) is 9.59. The van der Waals surface area contributed by atoms with E-state index in [2.05, 4.69) is 10.3 Å². The lowest BCUT2D eigenvalue weighted by Crippen LogP contribution is -2.43. The van der Waals surface area contributed by atoms with E-state index in [1.165, 1.54) is 0 Å². The Balaban J connectivity index is 1.78. The largest absolute Gasteiger partial charge is 0.335 e. The molecule has 1 fully saturated rings. The first kappa shape index (κ1) is 11.0. The maximum Gasteiger partial charge on any atom is 0.317 e. The summed E-state index contributed by atoms with van der Waals surface area (Å²) in [4.78, 5) is 17.6. The molecule has 0 spiro atoms. The van der Waals surface area contributed by atoms with Crippen LogP contribution >= 0.6 is 0 Å². The van der Waals surface area contributed by atoms with Gasteiger partial charge in [-0.3, -0.25) is 0 Å². The Labute approximate surface area is 95.5 Å². The van der Waals surface area contributed by atoms with Crippen molar-refractivity contribution >= 4 is 6.03 Å². The predicted octanol–water partition coefficient (Wildman–Crippen LogP) is 1.08. The molecule has 2 heterocycles. The Morgan fingerprint density at radius 1 is 1.50 bits per heavy atom. The number of urea groups is 1. The number of carbonyl (C=O) groups is 1. The molecule has 0 bridgehead atoms. The van der Waals surface area contributed by atoms with Gasteiger partial charge in [0.1, 0.15) is 0 Å². The van der Waals surface area contributed by atoms with Crippen molar-refractivity contribution in [3.05, 3.63) is 18.7 Å². The highest BCUT2D eigenvalue weighted by atomic mass is 16.2. The van der Waals surface area contributed by atoms with Crippen molar-refractivity contribution in [2.75, 3.05) is 13.1 Å². The smallest absolute Gasteiger partial charge is 0.317 e. The highest BCUT2D eigenvalue weighted by molar-refractivity contribution is 5.74. The summed E-state index contributed by atoms with van der Waals surface area (Å²) in [7, 11) is 0. The zero-order chi connectivity index (χ0) is 11.4. The van der Waals surface area contributed by atoms with Crippen molar-refractivity contribution in [3.63, 3.8) is 0 Å². The van der Waals surface area contributed by atoms with Crippen molar-refractivity contribution in [1.29, 1.82) is 0 Å². The van der Waals surface area contributed by atoms with Crippen LogP contribution in [0.15, 0.2) is 18.7 Å². The van der Waals surface area contributed by atoms with E-state index in [0.29, 0.717) is 0 Å². The molecule has 88 valence electrons. The number of aromatic nitrogens is 2. The van der Waals surface area contributed by atoms with Crippen LogP contribution in [0, 0.1) is 0 Å². The summed E-state index contributed by atoms with van der Waals surface area (Å²) in [6, 6.07) is 0.187. The zero-order valence-electron chi connectivity index (χ0n) is 9.59. The van der Waals surface area contributed by atoms with Gasteiger partial charge in [-0.05, 0) is 19.8 Å². The molecule has 0 aromatic carbocycles. The number of hydrogen-bond donors (Lipinski definition) is 1. The van der Waals surface area contributed by atoms with Gasteiger partial charge in [-0.1, -0.05) is 0 Å². The van der Waals surface area contributed by atoms with Crippen molar-refractivity contribution in [2.45, 2.75) is 32.4 Å². The molecule has 1 aromatic heterocycles. The topological polar surface area (TPSA) is 50.2 Å². The molecule has 0 saturated carbocycles. The van der Waals surface area contributed by atoms with E-state index in [1.54, 1.807) is 12.5 Å². The first-order valence-electron chi connectivity index (χ1n) is 5.77. The first-order chi connectivity index (χ1) is 7.75. The first-order valence-corrected chi connectivity index (χ1v) is 5.77. The molecular weight excluding hydrogens is 204 g/mol. The highest BCUT2D eigenvalue weighted by Crippen LogP contribution is 2.07. The quantitative estimate of drug-likeness (QED) is 0.832. The summed E-state index contributed by atoms with van der Waals surface area (Å²) in [6.07, 6.45) is 7.67. The van der Waals surface area contributed by atoms with Crippen LogP contribution in [0.4, 0.5) is 4.79 Å². The fourth-order valence-corrected chi connectivity index (χ4v) is 1.98. The van der Waals surface area contributed by atoms with Gasteiger partial charge in [0, 0.05) is 38.1 Å². The summed E-state index contributed by atoms with van der Waals surface area (Å²) < 4.78 is 1.97. The lowest BCUT2D eigenvalue weighted by molar-refractivity contribution is 0.204. The molecule has 2 amide bonds. The second kappa shape index (κ2) is 5.01. The van der Waals surface area contributed by atoms with Gasteiger partial charge in [0.25, 0.3) is 0 Å². The molecule has 0 radical (unpaired) electrons. The van der Waals surface area contributed by atoms with Crippen molar-refractivity contribution in [3.8, 4) is 0 Å². The van der Waals surface area contributed by atoms with Gasteiger partial charge in [0.05, 0.1) is 6.33 Å². The molecule has 1 saturated heterocycles. The summed E-state index contributed by atoms with van der Waals surface area (Å²) >= 11 is 0. The van der Waals surface area contributed by atoms with Crippen LogP contribution in [0.2, 0.25) is 0 Å². The molecule has 5 nitrogen and oxygen atoms in total. The van der Waals surface area contributed by atoms with Crippen molar-refractivity contribution in [2.24, 2.45) is 0 Å². The molecule has 1 aromatic rings. The van der Waals surface area contributed by atoms with Gasteiger partial charge in [-0.2, -0.15) is 0 Å². The average molecular weight is 222 g/mol. The third-order valence-corrected chi connectivity index (χ3v) is 2.81. The van der Waals surface area contributed by atoms with Gasteiger partial charge in [0.2, 0.25) is 0 Å². The molecule has 1 atom stereocenters. The molecule has 0 unspecified atom stereocenters. The van der Waals surface area contributed by atoms with E-state index in [1.807, 2.05) is 22.6 Å². The molecule has 1 N–H and O–H groups in total.